The molecule has 0 fully saturated rings. The Morgan fingerprint density at radius 2 is 2.08 bits per heavy atom. The number of pyridine rings is 1. The SMILES string of the molecule is COc1ccc2c(C)cc3nnc(SCc4nccn4C)n3c2c1. The fourth-order valence-electron chi connectivity index (χ4n) is 2.79. The van der Waals surface area contributed by atoms with Crippen LogP contribution in [0.2, 0.25) is 0 Å². The van der Waals surface area contributed by atoms with Crippen LogP contribution in [0.5, 0.6) is 5.75 Å². The van der Waals surface area contributed by atoms with Gasteiger partial charge in [-0.15, -0.1) is 10.2 Å². The van der Waals surface area contributed by atoms with Crippen molar-refractivity contribution in [1.82, 2.24) is 24.1 Å². The molecule has 0 saturated carbocycles. The summed E-state index contributed by atoms with van der Waals surface area (Å²) < 4.78 is 9.49. The van der Waals surface area contributed by atoms with E-state index in [0.717, 1.165) is 33.6 Å². The van der Waals surface area contributed by atoms with Crippen molar-refractivity contribution in [2.75, 3.05) is 7.11 Å². The molecule has 0 radical (unpaired) electrons. The molecule has 4 aromatic rings. The van der Waals surface area contributed by atoms with Gasteiger partial charge in [-0.3, -0.25) is 4.40 Å². The maximum atomic E-state index is 5.39. The molecule has 0 N–H and O–H groups in total. The lowest BCUT2D eigenvalue weighted by atomic mass is 10.1. The number of fused-ring (bicyclic) bond motifs is 3. The highest BCUT2D eigenvalue weighted by Crippen LogP contribution is 2.29. The lowest BCUT2D eigenvalue weighted by Crippen LogP contribution is -1.97. The average molecular weight is 339 g/mol. The predicted molar refractivity (Wildman–Crippen MR) is 94.6 cm³/mol. The number of ether oxygens (including phenoxy) is 1. The number of aromatic nitrogens is 5. The Labute approximate surface area is 143 Å². The summed E-state index contributed by atoms with van der Waals surface area (Å²) >= 11 is 1.63. The van der Waals surface area contributed by atoms with E-state index >= 15 is 0 Å². The molecule has 24 heavy (non-hydrogen) atoms. The van der Waals surface area contributed by atoms with E-state index in [2.05, 4.69) is 38.6 Å². The zero-order valence-electron chi connectivity index (χ0n) is 13.7. The summed E-state index contributed by atoms with van der Waals surface area (Å²) in [7, 11) is 3.67. The first-order chi connectivity index (χ1) is 11.7. The van der Waals surface area contributed by atoms with E-state index in [0.29, 0.717) is 0 Å². The molecule has 4 rings (SSSR count). The molecule has 0 bridgehead atoms. The van der Waals surface area contributed by atoms with Gasteiger partial charge in [0.25, 0.3) is 0 Å². The molecule has 0 aliphatic heterocycles. The topological polar surface area (TPSA) is 57.2 Å². The normalized spacial score (nSPS) is 11.5. The van der Waals surface area contributed by atoms with Crippen molar-refractivity contribution in [3.05, 3.63) is 48.0 Å². The van der Waals surface area contributed by atoms with E-state index < -0.39 is 0 Å². The molecule has 122 valence electrons. The fraction of sp³-hybridized carbons (Fsp3) is 0.235. The minimum Gasteiger partial charge on any atom is -0.497 e. The van der Waals surface area contributed by atoms with Crippen LogP contribution in [0.4, 0.5) is 0 Å². The minimum absolute atomic E-state index is 0.740. The highest BCUT2D eigenvalue weighted by atomic mass is 32.2. The standard InChI is InChI=1S/C17H17N5OS/c1-11-8-15-19-20-17(24-10-16-18-6-7-21(16)2)22(15)14-9-12(23-3)4-5-13(11)14/h4-9H,10H2,1-3H3. The minimum atomic E-state index is 0.740. The van der Waals surface area contributed by atoms with Gasteiger partial charge < -0.3 is 9.30 Å². The van der Waals surface area contributed by atoms with Crippen molar-refractivity contribution >= 4 is 28.3 Å². The highest BCUT2D eigenvalue weighted by molar-refractivity contribution is 7.98. The average Bonchev–Trinajstić information content (AvgIpc) is 3.18. The first kappa shape index (κ1) is 15.0. The van der Waals surface area contributed by atoms with Crippen molar-refractivity contribution in [2.45, 2.75) is 17.8 Å². The van der Waals surface area contributed by atoms with Crippen LogP contribution in [-0.2, 0) is 12.8 Å². The summed E-state index contributed by atoms with van der Waals surface area (Å²) in [4.78, 5) is 4.36. The smallest absolute Gasteiger partial charge is 0.196 e. The highest BCUT2D eigenvalue weighted by Gasteiger charge is 2.13. The van der Waals surface area contributed by atoms with E-state index in [9.17, 15) is 0 Å². The third-order valence-corrected chi connectivity index (χ3v) is 5.05. The zero-order chi connectivity index (χ0) is 16.7. The molecule has 0 aliphatic rings. The van der Waals surface area contributed by atoms with Gasteiger partial charge in [0.05, 0.1) is 18.4 Å². The number of nitrogens with zero attached hydrogens (tertiary/aromatic N) is 5. The summed E-state index contributed by atoms with van der Waals surface area (Å²) in [6.07, 6.45) is 3.75. The molecule has 0 spiro atoms. The van der Waals surface area contributed by atoms with Gasteiger partial charge >= 0.3 is 0 Å². The summed E-state index contributed by atoms with van der Waals surface area (Å²) in [5, 5.41) is 10.7. The van der Waals surface area contributed by atoms with E-state index in [1.165, 1.54) is 10.9 Å². The third-order valence-electron chi connectivity index (χ3n) is 4.13. The molecule has 1 aromatic carbocycles. The summed E-state index contributed by atoms with van der Waals surface area (Å²) in [6.45, 7) is 2.09. The number of methoxy groups -OCH3 is 1. The van der Waals surface area contributed by atoms with Gasteiger partial charge in [-0.25, -0.2) is 4.98 Å². The van der Waals surface area contributed by atoms with E-state index in [4.69, 9.17) is 4.74 Å². The van der Waals surface area contributed by atoms with Crippen LogP contribution < -0.4 is 4.74 Å². The molecule has 7 heteroatoms. The van der Waals surface area contributed by atoms with E-state index in [1.54, 1.807) is 25.1 Å². The number of hydrogen-bond acceptors (Lipinski definition) is 5. The van der Waals surface area contributed by atoms with Crippen molar-refractivity contribution in [1.29, 1.82) is 0 Å². The summed E-state index contributed by atoms with van der Waals surface area (Å²) in [5.74, 6) is 2.57. The van der Waals surface area contributed by atoms with Gasteiger partial charge in [-0.1, -0.05) is 11.8 Å². The second-order valence-electron chi connectivity index (χ2n) is 5.63. The molecule has 6 nitrogen and oxygen atoms in total. The van der Waals surface area contributed by atoms with Crippen LogP contribution in [0.25, 0.3) is 16.6 Å². The van der Waals surface area contributed by atoms with Gasteiger partial charge in [-0.05, 0) is 30.7 Å². The first-order valence-corrected chi connectivity index (χ1v) is 8.57. The van der Waals surface area contributed by atoms with Gasteiger partial charge in [-0.2, -0.15) is 0 Å². The second-order valence-corrected chi connectivity index (χ2v) is 6.57. The molecule has 0 aliphatic carbocycles. The quantitative estimate of drug-likeness (QED) is 0.534. The van der Waals surface area contributed by atoms with Crippen LogP contribution >= 0.6 is 11.8 Å². The molecular formula is C17H17N5OS. The monoisotopic (exact) mass is 339 g/mol. The number of aryl methyl sites for hydroxylation is 2. The van der Waals surface area contributed by atoms with Crippen LogP contribution in [0.3, 0.4) is 0 Å². The molecule has 3 aromatic heterocycles. The summed E-state index contributed by atoms with van der Waals surface area (Å²) in [6, 6.07) is 8.15. The van der Waals surface area contributed by atoms with Crippen molar-refractivity contribution in [2.24, 2.45) is 7.05 Å². The number of thioether (sulfide) groups is 1. The van der Waals surface area contributed by atoms with Crippen molar-refractivity contribution in [3.63, 3.8) is 0 Å². The van der Waals surface area contributed by atoms with Crippen LogP contribution in [-0.4, -0.2) is 31.3 Å². The second kappa shape index (κ2) is 5.83. The Bertz CT molecular complexity index is 1040. The van der Waals surface area contributed by atoms with Gasteiger partial charge in [0.2, 0.25) is 0 Å². The molecule has 0 atom stereocenters. The predicted octanol–water partition coefficient (Wildman–Crippen LogP) is 3.23. The number of hydrogen-bond donors (Lipinski definition) is 0. The van der Waals surface area contributed by atoms with Gasteiger partial charge in [0.15, 0.2) is 10.8 Å². The molecular weight excluding hydrogens is 322 g/mol. The fourth-order valence-corrected chi connectivity index (χ4v) is 3.74. The molecule has 0 amide bonds. The Morgan fingerprint density at radius 3 is 2.83 bits per heavy atom. The molecule has 0 saturated heterocycles. The Kier molecular flexibility index (Phi) is 3.65. The molecule has 0 unspecified atom stereocenters. The van der Waals surface area contributed by atoms with Crippen LogP contribution in [0, 0.1) is 6.92 Å². The van der Waals surface area contributed by atoms with Gasteiger partial charge in [0.1, 0.15) is 11.6 Å². The Morgan fingerprint density at radius 1 is 1.21 bits per heavy atom. The maximum absolute atomic E-state index is 5.39. The van der Waals surface area contributed by atoms with Crippen molar-refractivity contribution < 1.29 is 4.74 Å². The zero-order valence-corrected chi connectivity index (χ0v) is 14.5. The van der Waals surface area contributed by atoms with E-state index in [1.807, 2.05) is 29.9 Å². The molecule has 3 heterocycles. The largest absolute Gasteiger partial charge is 0.497 e. The number of benzene rings is 1. The lowest BCUT2D eigenvalue weighted by molar-refractivity contribution is 0.415. The Hall–Kier alpha value is -2.54. The van der Waals surface area contributed by atoms with Crippen LogP contribution in [0.15, 0.2) is 41.8 Å². The Balaban J connectivity index is 1.84. The third kappa shape index (κ3) is 2.41. The first-order valence-electron chi connectivity index (χ1n) is 7.59. The number of rotatable bonds is 4. The van der Waals surface area contributed by atoms with Gasteiger partial charge in [0, 0.05) is 30.9 Å². The maximum Gasteiger partial charge on any atom is 0.196 e. The number of imidazole rings is 1. The summed E-state index contributed by atoms with van der Waals surface area (Å²) in [5.41, 5.74) is 3.07. The van der Waals surface area contributed by atoms with E-state index in [-0.39, 0.29) is 0 Å². The lowest BCUT2D eigenvalue weighted by Gasteiger charge is -2.09. The van der Waals surface area contributed by atoms with Crippen LogP contribution in [0.1, 0.15) is 11.4 Å². The van der Waals surface area contributed by atoms with Crippen molar-refractivity contribution in [3.8, 4) is 5.75 Å².